The fourth-order valence-electron chi connectivity index (χ4n) is 1.65. The number of aromatic nitrogens is 1. The Labute approximate surface area is 112 Å². The van der Waals surface area contributed by atoms with Gasteiger partial charge in [-0.2, -0.15) is 0 Å². The normalized spacial score (nSPS) is 11.9. The van der Waals surface area contributed by atoms with Crippen molar-refractivity contribution in [3.8, 4) is 0 Å². The van der Waals surface area contributed by atoms with Gasteiger partial charge in [0.15, 0.2) is 0 Å². The average molecular weight is 268 g/mol. The van der Waals surface area contributed by atoms with Crippen molar-refractivity contribution in [3.63, 3.8) is 0 Å². The molecule has 1 unspecified atom stereocenters. The van der Waals surface area contributed by atoms with Crippen molar-refractivity contribution in [2.75, 3.05) is 26.1 Å². The van der Waals surface area contributed by atoms with Crippen LogP contribution in [0.1, 0.15) is 13.3 Å². The molecule has 0 aliphatic heterocycles. The summed E-state index contributed by atoms with van der Waals surface area (Å²) >= 11 is 0. The fourth-order valence-corrected chi connectivity index (χ4v) is 1.65. The Balaban J connectivity index is 2.83. The highest BCUT2D eigenvalue weighted by molar-refractivity contribution is 5.78. The molecule has 106 valence electrons. The van der Waals surface area contributed by atoms with E-state index >= 15 is 0 Å². The number of nitrogens with one attached hydrogen (secondary N) is 1. The first-order valence-corrected chi connectivity index (χ1v) is 6.16. The van der Waals surface area contributed by atoms with E-state index in [2.05, 4.69) is 5.32 Å². The summed E-state index contributed by atoms with van der Waals surface area (Å²) in [6, 6.07) is 2.69. The molecule has 19 heavy (non-hydrogen) atoms. The second-order valence-electron chi connectivity index (χ2n) is 4.07. The lowest BCUT2D eigenvalue weighted by molar-refractivity contribution is -0.141. The monoisotopic (exact) mass is 268 g/mol. The maximum absolute atomic E-state index is 11.6. The van der Waals surface area contributed by atoms with Crippen molar-refractivity contribution < 1.29 is 14.3 Å². The topological polar surface area (TPSA) is 69.6 Å². The van der Waals surface area contributed by atoms with Gasteiger partial charge in [0, 0.05) is 25.9 Å². The van der Waals surface area contributed by atoms with Gasteiger partial charge in [0.25, 0.3) is 5.56 Å². The van der Waals surface area contributed by atoms with Gasteiger partial charge in [-0.15, -0.1) is 0 Å². The zero-order valence-electron chi connectivity index (χ0n) is 11.5. The third-order valence-corrected chi connectivity index (χ3v) is 2.75. The molecule has 6 nitrogen and oxygen atoms in total. The molecular weight excluding hydrogens is 248 g/mol. The standard InChI is InChI=1S/C13H20N2O4/c1-4-11(13(17)19-3)14-10-5-6-12(16)15(9-10)7-8-18-2/h5-6,9,11,14H,4,7-8H2,1-3H3. The van der Waals surface area contributed by atoms with Crippen molar-refractivity contribution in [3.05, 3.63) is 28.7 Å². The molecule has 0 aliphatic carbocycles. The summed E-state index contributed by atoms with van der Waals surface area (Å²) in [6.07, 6.45) is 2.27. The third kappa shape index (κ3) is 4.40. The number of esters is 1. The molecule has 1 rings (SSSR count). The molecule has 1 heterocycles. The second-order valence-corrected chi connectivity index (χ2v) is 4.07. The molecule has 0 saturated carbocycles. The van der Waals surface area contributed by atoms with Gasteiger partial charge in [0.2, 0.25) is 0 Å². The highest BCUT2D eigenvalue weighted by atomic mass is 16.5. The predicted molar refractivity (Wildman–Crippen MR) is 72.3 cm³/mol. The van der Waals surface area contributed by atoms with E-state index in [1.807, 2.05) is 6.92 Å². The van der Waals surface area contributed by atoms with Gasteiger partial charge >= 0.3 is 5.97 Å². The number of methoxy groups -OCH3 is 2. The Kier molecular flexibility index (Phi) is 6.08. The van der Waals surface area contributed by atoms with Crippen LogP contribution < -0.4 is 10.9 Å². The number of ether oxygens (including phenoxy) is 2. The maximum Gasteiger partial charge on any atom is 0.328 e. The molecule has 0 fully saturated rings. The minimum atomic E-state index is -0.418. The largest absolute Gasteiger partial charge is 0.467 e. The lowest BCUT2D eigenvalue weighted by Crippen LogP contribution is -2.30. The number of hydrogen-bond donors (Lipinski definition) is 1. The Hall–Kier alpha value is -1.82. The van der Waals surface area contributed by atoms with Crippen molar-refractivity contribution in [2.45, 2.75) is 25.9 Å². The number of nitrogens with zero attached hydrogens (tertiary/aromatic N) is 1. The quantitative estimate of drug-likeness (QED) is 0.743. The lowest BCUT2D eigenvalue weighted by Gasteiger charge is -2.16. The maximum atomic E-state index is 11.6. The van der Waals surface area contributed by atoms with Crippen molar-refractivity contribution in [1.29, 1.82) is 0 Å². The van der Waals surface area contributed by atoms with E-state index in [9.17, 15) is 9.59 Å². The van der Waals surface area contributed by atoms with E-state index in [1.54, 1.807) is 19.4 Å². The van der Waals surface area contributed by atoms with Crippen LogP contribution in [0.5, 0.6) is 0 Å². The van der Waals surface area contributed by atoms with Crippen LogP contribution in [0, 0.1) is 0 Å². The molecule has 1 aromatic rings. The number of rotatable bonds is 7. The highest BCUT2D eigenvalue weighted by Crippen LogP contribution is 2.08. The van der Waals surface area contributed by atoms with Gasteiger partial charge in [-0.05, 0) is 12.5 Å². The Morgan fingerprint density at radius 3 is 2.74 bits per heavy atom. The van der Waals surface area contributed by atoms with Gasteiger partial charge in [-0.25, -0.2) is 4.79 Å². The SMILES string of the molecule is CCC(Nc1ccc(=O)n(CCOC)c1)C(=O)OC. The molecule has 0 radical (unpaired) electrons. The smallest absolute Gasteiger partial charge is 0.328 e. The molecule has 1 N–H and O–H groups in total. The van der Waals surface area contributed by atoms with E-state index in [4.69, 9.17) is 9.47 Å². The molecule has 0 aliphatic rings. The van der Waals surface area contributed by atoms with Crippen molar-refractivity contribution in [2.24, 2.45) is 0 Å². The number of carbonyl (C=O) groups excluding carboxylic acids is 1. The molecule has 0 saturated heterocycles. The van der Waals surface area contributed by atoms with Crippen molar-refractivity contribution in [1.82, 2.24) is 4.57 Å². The summed E-state index contributed by atoms with van der Waals surface area (Å²) in [5.41, 5.74) is 0.599. The van der Waals surface area contributed by atoms with E-state index in [1.165, 1.54) is 17.7 Å². The fraction of sp³-hybridized carbons (Fsp3) is 0.538. The average Bonchev–Trinajstić information content (AvgIpc) is 2.44. The molecule has 0 spiro atoms. The van der Waals surface area contributed by atoms with Gasteiger partial charge < -0.3 is 19.4 Å². The van der Waals surface area contributed by atoms with Gasteiger partial charge in [0.05, 0.1) is 19.4 Å². The number of pyridine rings is 1. The van der Waals surface area contributed by atoms with Crippen LogP contribution in [0.2, 0.25) is 0 Å². The summed E-state index contributed by atoms with van der Waals surface area (Å²) < 4.78 is 11.2. The molecule has 1 atom stereocenters. The minimum absolute atomic E-state index is 0.103. The first-order chi connectivity index (χ1) is 9.12. The van der Waals surface area contributed by atoms with E-state index in [0.717, 1.165) is 0 Å². The first-order valence-electron chi connectivity index (χ1n) is 6.16. The van der Waals surface area contributed by atoms with Gasteiger partial charge in [0.1, 0.15) is 6.04 Å². The van der Waals surface area contributed by atoms with Gasteiger partial charge in [-0.3, -0.25) is 4.79 Å². The molecule has 6 heteroatoms. The summed E-state index contributed by atoms with van der Waals surface area (Å²) in [5.74, 6) is -0.322. The second kappa shape index (κ2) is 7.58. The molecule has 0 aromatic carbocycles. The highest BCUT2D eigenvalue weighted by Gasteiger charge is 2.16. The molecule has 0 amide bonds. The number of carbonyl (C=O) groups is 1. The Morgan fingerprint density at radius 2 is 2.16 bits per heavy atom. The van der Waals surface area contributed by atoms with E-state index in [0.29, 0.717) is 25.3 Å². The molecular formula is C13H20N2O4. The van der Waals surface area contributed by atoms with Crippen LogP contribution in [-0.2, 0) is 20.8 Å². The van der Waals surface area contributed by atoms with Crippen LogP contribution in [0.15, 0.2) is 23.1 Å². The third-order valence-electron chi connectivity index (χ3n) is 2.75. The molecule has 0 bridgehead atoms. The Morgan fingerprint density at radius 1 is 1.42 bits per heavy atom. The zero-order valence-corrected chi connectivity index (χ0v) is 11.5. The predicted octanol–water partition coefficient (Wildman–Crippen LogP) is 0.858. The lowest BCUT2D eigenvalue weighted by atomic mass is 10.2. The summed E-state index contributed by atoms with van der Waals surface area (Å²) in [5, 5.41) is 3.05. The minimum Gasteiger partial charge on any atom is -0.467 e. The zero-order chi connectivity index (χ0) is 14.3. The van der Waals surface area contributed by atoms with Crippen LogP contribution >= 0.6 is 0 Å². The summed E-state index contributed by atoms with van der Waals surface area (Å²) in [6.45, 7) is 2.81. The van der Waals surface area contributed by atoms with Crippen LogP contribution in [0.4, 0.5) is 5.69 Å². The Bertz CT molecular complexity index is 470. The summed E-state index contributed by atoms with van der Waals surface area (Å²) in [4.78, 5) is 23.1. The van der Waals surface area contributed by atoms with E-state index < -0.39 is 6.04 Å². The molecule has 1 aromatic heterocycles. The van der Waals surface area contributed by atoms with Crippen molar-refractivity contribution >= 4 is 11.7 Å². The van der Waals surface area contributed by atoms with E-state index in [-0.39, 0.29) is 11.5 Å². The van der Waals surface area contributed by atoms with Gasteiger partial charge in [-0.1, -0.05) is 6.92 Å². The summed E-state index contributed by atoms with van der Waals surface area (Å²) in [7, 11) is 2.93. The number of hydrogen-bond acceptors (Lipinski definition) is 5. The van der Waals surface area contributed by atoms with Crippen LogP contribution in [0.3, 0.4) is 0 Å². The van der Waals surface area contributed by atoms with Crippen LogP contribution in [0.25, 0.3) is 0 Å². The van der Waals surface area contributed by atoms with Crippen LogP contribution in [-0.4, -0.2) is 37.4 Å². The first kappa shape index (κ1) is 15.2. The number of anilines is 1.